The summed E-state index contributed by atoms with van der Waals surface area (Å²) < 4.78 is 8.75. The molecule has 3 rings (SSSR count). The lowest BCUT2D eigenvalue weighted by atomic mass is 9.77. The Kier molecular flexibility index (Phi) is 10.3. The van der Waals surface area contributed by atoms with E-state index in [0.29, 0.717) is 18.8 Å². The van der Waals surface area contributed by atoms with Crippen molar-refractivity contribution in [1.82, 2.24) is 9.55 Å². The number of benzene rings is 2. The van der Waals surface area contributed by atoms with Gasteiger partial charge in [0.1, 0.15) is 0 Å². The predicted molar refractivity (Wildman–Crippen MR) is 164 cm³/mol. The van der Waals surface area contributed by atoms with Crippen LogP contribution in [0.1, 0.15) is 71.6 Å². The molecule has 2 aromatic carbocycles. The molecule has 0 radical (unpaired) electrons. The van der Waals surface area contributed by atoms with Crippen LogP contribution in [-0.4, -0.2) is 30.0 Å². The second-order valence-electron chi connectivity index (χ2n) is 12.9. The Morgan fingerprint density at radius 1 is 1.03 bits per heavy atom. The number of carbonyl (C=O) groups is 1. The molecule has 1 amide bonds. The lowest BCUT2D eigenvalue weighted by Gasteiger charge is -2.35. The minimum Gasteiger partial charge on any atom is -0.400 e. The SMILES string of the molecule is CC(C)n1ccnc1NC(=O)C(C)(CCC(Cc1ccccc1)O[Si](C)(N)CC(C)(C)C)Cc1ccccc1. The molecule has 0 aliphatic carbocycles. The molecule has 7 heteroatoms. The van der Waals surface area contributed by atoms with E-state index >= 15 is 0 Å². The van der Waals surface area contributed by atoms with Gasteiger partial charge >= 0.3 is 0 Å². The van der Waals surface area contributed by atoms with Crippen LogP contribution in [0.3, 0.4) is 0 Å². The Hall–Kier alpha value is -2.74. The van der Waals surface area contributed by atoms with Gasteiger partial charge in [-0.15, -0.1) is 0 Å². The average Bonchev–Trinajstić information content (AvgIpc) is 3.30. The Morgan fingerprint density at radius 2 is 1.62 bits per heavy atom. The van der Waals surface area contributed by atoms with Crippen LogP contribution in [0, 0.1) is 10.8 Å². The summed E-state index contributed by atoms with van der Waals surface area (Å²) in [5, 5.41) is 9.98. The minimum atomic E-state index is -2.44. The number of rotatable bonds is 13. The number of imidazole rings is 1. The van der Waals surface area contributed by atoms with E-state index < -0.39 is 13.9 Å². The van der Waals surface area contributed by atoms with Crippen molar-refractivity contribution in [2.24, 2.45) is 16.2 Å². The summed E-state index contributed by atoms with van der Waals surface area (Å²) in [4.78, 5) is 18.4. The first-order chi connectivity index (χ1) is 18.3. The third-order valence-electron chi connectivity index (χ3n) is 7.08. The standard InChI is InChI=1S/C32H48N4O2Si/c1-25(2)36-21-20-34-30(36)35-29(37)32(6,23-27-16-12-9-13-17-27)19-18-28(22-26-14-10-8-11-15-26)38-39(7,33)24-31(3,4)5/h8-17,20-21,25,28H,18-19,22-24,33H2,1-7H3,(H,34,35,37). The molecule has 0 saturated carbocycles. The molecule has 3 aromatic rings. The molecular formula is C32H48N4O2Si. The van der Waals surface area contributed by atoms with Crippen molar-refractivity contribution < 1.29 is 9.22 Å². The van der Waals surface area contributed by atoms with E-state index in [1.807, 2.05) is 35.0 Å². The topological polar surface area (TPSA) is 82.2 Å². The highest BCUT2D eigenvalue weighted by Gasteiger charge is 2.37. The number of aromatic nitrogens is 2. The Morgan fingerprint density at radius 3 is 2.18 bits per heavy atom. The maximum absolute atomic E-state index is 13.9. The maximum atomic E-state index is 13.9. The molecule has 3 atom stereocenters. The molecule has 0 spiro atoms. The number of carbonyl (C=O) groups excluding carboxylic acids is 1. The molecule has 0 aliphatic heterocycles. The molecule has 6 nitrogen and oxygen atoms in total. The van der Waals surface area contributed by atoms with Crippen LogP contribution < -0.4 is 10.7 Å². The third kappa shape index (κ3) is 9.75. The number of amides is 1. The van der Waals surface area contributed by atoms with E-state index in [1.165, 1.54) is 5.56 Å². The van der Waals surface area contributed by atoms with Gasteiger partial charge in [-0.1, -0.05) is 88.4 Å². The zero-order chi connectivity index (χ0) is 28.7. The molecule has 0 saturated heterocycles. The minimum absolute atomic E-state index is 0.0274. The number of hydrogen-bond donors (Lipinski definition) is 2. The first-order valence-corrected chi connectivity index (χ1v) is 16.8. The molecule has 0 fully saturated rings. The van der Waals surface area contributed by atoms with E-state index in [2.05, 4.69) is 94.8 Å². The van der Waals surface area contributed by atoms with Crippen molar-refractivity contribution in [3.8, 4) is 0 Å². The first-order valence-electron chi connectivity index (χ1n) is 14.2. The van der Waals surface area contributed by atoms with Crippen LogP contribution in [0.15, 0.2) is 73.1 Å². The monoisotopic (exact) mass is 548 g/mol. The third-order valence-corrected chi connectivity index (χ3v) is 9.71. The van der Waals surface area contributed by atoms with Gasteiger partial charge in [0.2, 0.25) is 11.9 Å². The van der Waals surface area contributed by atoms with E-state index in [9.17, 15) is 4.79 Å². The lowest BCUT2D eigenvalue weighted by Crippen LogP contribution is -2.51. The highest BCUT2D eigenvalue weighted by molar-refractivity contribution is 6.69. The van der Waals surface area contributed by atoms with Crippen LogP contribution in [-0.2, 0) is 22.1 Å². The number of hydrogen-bond acceptors (Lipinski definition) is 4. The fourth-order valence-electron chi connectivity index (χ4n) is 5.44. The van der Waals surface area contributed by atoms with Crippen molar-refractivity contribution in [1.29, 1.82) is 0 Å². The number of nitrogens with one attached hydrogen (secondary N) is 1. The van der Waals surface area contributed by atoms with E-state index in [-0.39, 0.29) is 23.5 Å². The smallest absolute Gasteiger partial charge is 0.263 e. The summed E-state index contributed by atoms with van der Waals surface area (Å²) in [6, 6.07) is 21.7. The van der Waals surface area contributed by atoms with E-state index in [0.717, 1.165) is 24.4 Å². The molecule has 3 N–H and O–H groups in total. The fraction of sp³-hybridized carbons (Fsp3) is 0.500. The maximum Gasteiger partial charge on any atom is 0.263 e. The molecule has 1 heterocycles. The summed E-state index contributed by atoms with van der Waals surface area (Å²) in [6.07, 6.45) is 6.35. The van der Waals surface area contributed by atoms with Crippen molar-refractivity contribution in [3.63, 3.8) is 0 Å². The second kappa shape index (κ2) is 13.1. The van der Waals surface area contributed by atoms with Gasteiger partial charge in [0.25, 0.3) is 8.48 Å². The fourth-order valence-corrected chi connectivity index (χ4v) is 8.59. The summed E-state index contributed by atoms with van der Waals surface area (Å²) >= 11 is 0. The van der Waals surface area contributed by atoms with Gasteiger partial charge in [0.15, 0.2) is 0 Å². The van der Waals surface area contributed by atoms with Crippen molar-refractivity contribution >= 4 is 20.3 Å². The molecular weight excluding hydrogens is 500 g/mol. The molecule has 212 valence electrons. The second-order valence-corrected chi connectivity index (χ2v) is 16.2. The largest absolute Gasteiger partial charge is 0.400 e. The van der Waals surface area contributed by atoms with Gasteiger partial charge < -0.3 is 14.4 Å². The van der Waals surface area contributed by atoms with Crippen molar-refractivity contribution in [3.05, 3.63) is 84.2 Å². The van der Waals surface area contributed by atoms with E-state index in [4.69, 9.17) is 9.83 Å². The quantitative estimate of drug-likeness (QED) is 0.223. The Bertz CT molecular complexity index is 1170. The predicted octanol–water partition coefficient (Wildman–Crippen LogP) is 7.14. The van der Waals surface area contributed by atoms with Crippen LogP contribution >= 0.6 is 0 Å². The van der Waals surface area contributed by atoms with Gasteiger partial charge in [-0.05, 0) is 68.7 Å². The van der Waals surface area contributed by atoms with Crippen molar-refractivity contribution in [2.45, 2.75) is 92.0 Å². The Labute approximate surface area is 236 Å². The van der Waals surface area contributed by atoms with Crippen LogP contribution in [0.2, 0.25) is 12.6 Å². The summed E-state index contributed by atoms with van der Waals surface area (Å²) in [6.45, 7) is 15.0. The Balaban J connectivity index is 1.86. The van der Waals surface area contributed by atoms with Gasteiger partial charge in [-0.2, -0.15) is 0 Å². The highest BCUT2D eigenvalue weighted by Crippen LogP contribution is 2.34. The van der Waals surface area contributed by atoms with E-state index in [1.54, 1.807) is 6.20 Å². The van der Waals surface area contributed by atoms with Crippen molar-refractivity contribution in [2.75, 3.05) is 5.32 Å². The molecule has 0 aliphatic rings. The number of nitrogens with zero attached hydrogens (tertiary/aromatic N) is 2. The van der Waals surface area contributed by atoms with Gasteiger partial charge in [-0.3, -0.25) is 10.1 Å². The highest BCUT2D eigenvalue weighted by atomic mass is 28.4. The molecule has 1 aromatic heterocycles. The van der Waals surface area contributed by atoms with Gasteiger partial charge in [0.05, 0.1) is 11.5 Å². The van der Waals surface area contributed by atoms with Crippen LogP contribution in [0.4, 0.5) is 5.95 Å². The summed E-state index contributed by atoms with van der Waals surface area (Å²) in [7, 11) is -2.44. The summed E-state index contributed by atoms with van der Waals surface area (Å²) in [5.41, 5.74) is 1.78. The zero-order valence-electron chi connectivity index (χ0n) is 24.9. The normalized spacial score (nSPS) is 15.9. The lowest BCUT2D eigenvalue weighted by molar-refractivity contribution is -0.125. The number of anilines is 1. The number of nitrogens with two attached hydrogens (primary N) is 1. The summed E-state index contributed by atoms with van der Waals surface area (Å²) in [5.74, 6) is 0.554. The molecule has 39 heavy (non-hydrogen) atoms. The van der Waals surface area contributed by atoms with Gasteiger partial charge in [-0.25, -0.2) is 4.98 Å². The average molecular weight is 549 g/mol. The van der Waals surface area contributed by atoms with Crippen LogP contribution in [0.5, 0.6) is 0 Å². The molecule has 0 bridgehead atoms. The van der Waals surface area contributed by atoms with Crippen LogP contribution in [0.25, 0.3) is 0 Å². The van der Waals surface area contributed by atoms with Gasteiger partial charge in [0, 0.05) is 18.4 Å². The zero-order valence-corrected chi connectivity index (χ0v) is 25.9. The first kappa shape index (κ1) is 30.8. The molecule has 3 unspecified atom stereocenters.